The molecule has 0 saturated carbocycles. The number of halogens is 2. The van der Waals surface area contributed by atoms with Crippen molar-refractivity contribution in [3.8, 4) is 5.69 Å². The van der Waals surface area contributed by atoms with Crippen LogP contribution in [0.15, 0.2) is 72.8 Å². The molecule has 0 fully saturated rings. The Hall–Kier alpha value is -3.52. The fourth-order valence-corrected chi connectivity index (χ4v) is 4.16. The van der Waals surface area contributed by atoms with Crippen molar-refractivity contribution >= 4 is 34.9 Å². The van der Waals surface area contributed by atoms with E-state index in [0.717, 1.165) is 5.56 Å². The summed E-state index contributed by atoms with van der Waals surface area (Å²) in [6.07, 6.45) is 0.409. The van der Waals surface area contributed by atoms with Crippen molar-refractivity contribution in [1.82, 2.24) is 20.1 Å². The van der Waals surface area contributed by atoms with Crippen molar-refractivity contribution in [3.63, 3.8) is 0 Å². The highest BCUT2D eigenvalue weighted by molar-refractivity contribution is 6.35. The fourth-order valence-electron chi connectivity index (χ4n) is 3.77. The number of aryl methyl sites for hydroxylation is 1. The van der Waals surface area contributed by atoms with Crippen LogP contribution < -0.4 is 11.1 Å². The highest BCUT2D eigenvalue weighted by Crippen LogP contribution is 2.27. The average Bonchev–Trinajstić information content (AvgIpc) is 3.23. The summed E-state index contributed by atoms with van der Waals surface area (Å²) in [5, 5.41) is 11.9. The predicted octanol–water partition coefficient (Wildman–Crippen LogP) is 4.30. The zero-order chi connectivity index (χ0) is 24.9. The Morgan fingerprint density at radius 2 is 1.69 bits per heavy atom. The van der Waals surface area contributed by atoms with E-state index in [1.807, 2.05) is 30.3 Å². The van der Waals surface area contributed by atoms with Crippen LogP contribution in [0.1, 0.15) is 33.1 Å². The van der Waals surface area contributed by atoms with Gasteiger partial charge < -0.3 is 11.1 Å². The first-order valence-electron chi connectivity index (χ1n) is 10.9. The van der Waals surface area contributed by atoms with Crippen LogP contribution in [0.3, 0.4) is 0 Å². The smallest absolute Gasteiger partial charge is 0.237 e. The normalized spacial score (nSPS) is 11.8. The van der Waals surface area contributed by atoms with E-state index in [4.69, 9.17) is 28.9 Å². The van der Waals surface area contributed by atoms with Gasteiger partial charge >= 0.3 is 0 Å². The summed E-state index contributed by atoms with van der Waals surface area (Å²) in [5.74, 6) is 0.377. The summed E-state index contributed by atoms with van der Waals surface area (Å²) in [6.45, 7) is 1.84. The maximum Gasteiger partial charge on any atom is 0.237 e. The molecule has 1 heterocycles. The van der Waals surface area contributed by atoms with Gasteiger partial charge in [0.2, 0.25) is 5.91 Å². The number of hydrogen-bond donors (Lipinski definition) is 2. The number of nitrogens with one attached hydrogen (secondary N) is 1. The highest BCUT2D eigenvalue weighted by atomic mass is 35.5. The molecule has 4 rings (SSSR count). The number of carbonyl (C=O) groups is 2. The lowest BCUT2D eigenvalue weighted by atomic mass is 10.0. The predicted molar refractivity (Wildman–Crippen MR) is 136 cm³/mol. The topological polar surface area (TPSA) is 103 Å². The van der Waals surface area contributed by atoms with E-state index in [1.54, 1.807) is 54.0 Å². The summed E-state index contributed by atoms with van der Waals surface area (Å²) >= 11 is 12.5. The van der Waals surface area contributed by atoms with E-state index < -0.39 is 6.04 Å². The number of aromatic nitrogens is 3. The SMILES string of the molecule is Cc1nnc(CNC(=O)[C@H](N)Cc2ccccc2)n1-c1ccc(Cl)cc1C(=O)c1ccccc1Cl. The lowest BCUT2D eigenvalue weighted by Crippen LogP contribution is -2.42. The van der Waals surface area contributed by atoms with Crippen molar-refractivity contribution < 1.29 is 9.59 Å². The molecule has 0 bridgehead atoms. The molecule has 0 saturated heterocycles. The number of carbonyl (C=O) groups excluding carboxylic acids is 2. The lowest BCUT2D eigenvalue weighted by molar-refractivity contribution is -0.122. The van der Waals surface area contributed by atoms with Crippen LogP contribution in [0.25, 0.3) is 5.69 Å². The summed E-state index contributed by atoms with van der Waals surface area (Å²) in [6, 6.07) is 20.6. The van der Waals surface area contributed by atoms with Crippen LogP contribution in [-0.4, -0.2) is 32.5 Å². The summed E-state index contributed by atoms with van der Waals surface area (Å²) in [5.41, 5.74) is 8.29. The highest BCUT2D eigenvalue weighted by Gasteiger charge is 2.22. The molecule has 35 heavy (non-hydrogen) atoms. The summed E-state index contributed by atoms with van der Waals surface area (Å²) in [7, 11) is 0. The number of benzene rings is 3. The molecule has 0 spiro atoms. The molecule has 4 aromatic rings. The molecule has 3 N–H and O–H groups in total. The largest absolute Gasteiger partial charge is 0.347 e. The molecule has 178 valence electrons. The molecule has 9 heteroatoms. The molecule has 1 atom stereocenters. The summed E-state index contributed by atoms with van der Waals surface area (Å²) < 4.78 is 1.71. The Labute approximate surface area is 212 Å². The molecular formula is C26H23Cl2N5O2. The van der Waals surface area contributed by atoms with Crippen LogP contribution >= 0.6 is 23.2 Å². The van der Waals surface area contributed by atoms with Gasteiger partial charge in [0, 0.05) is 16.1 Å². The van der Waals surface area contributed by atoms with Gasteiger partial charge in [-0.05, 0) is 49.2 Å². The number of amides is 1. The van der Waals surface area contributed by atoms with Crippen LogP contribution in [0.4, 0.5) is 0 Å². The molecule has 7 nitrogen and oxygen atoms in total. The first-order chi connectivity index (χ1) is 16.8. The van der Waals surface area contributed by atoms with Gasteiger partial charge in [-0.15, -0.1) is 10.2 Å². The van der Waals surface area contributed by atoms with E-state index in [0.29, 0.717) is 44.9 Å². The number of rotatable bonds is 8. The van der Waals surface area contributed by atoms with E-state index in [-0.39, 0.29) is 18.2 Å². The second-order valence-electron chi connectivity index (χ2n) is 7.98. The lowest BCUT2D eigenvalue weighted by Gasteiger charge is -2.16. The number of ketones is 1. The number of nitrogens with two attached hydrogens (primary N) is 1. The zero-order valence-corrected chi connectivity index (χ0v) is 20.4. The molecule has 0 aliphatic carbocycles. The molecule has 0 aliphatic rings. The molecule has 1 aromatic heterocycles. The third-order valence-electron chi connectivity index (χ3n) is 5.51. The monoisotopic (exact) mass is 507 g/mol. The Kier molecular flexibility index (Phi) is 7.60. The molecule has 1 amide bonds. The molecule has 0 radical (unpaired) electrons. The van der Waals surface area contributed by atoms with E-state index in [9.17, 15) is 9.59 Å². The number of nitrogens with zero attached hydrogens (tertiary/aromatic N) is 3. The van der Waals surface area contributed by atoms with Crippen molar-refractivity contribution in [1.29, 1.82) is 0 Å². The first kappa shape index (κ1) is 24.6. The maximum absolute atomic E-state index is 13.4. The zero-order valence-electron chi connectivity index (χ0n) is 18.9. The van der Waals surface area contributed by atoms with E-state index >= 15 is 0 Å². The van der Waals surface area contributed by atoms with Crippen LogP contribution in [0, 0.1) is 6.92 Å². The molecular weight excluding hydrogens is 485 g/mol. The second-order valence-corrected chi connectivity index (χ2v) is 8.83. The van der Waals surface area contributed by atoms with Gasteiger partial charge in [-0.1, -0.05) is 65.7 Å². The van der Waals surface area contributed by atoms with Gasteiger partial charge in [0.1, 0.15) is 5.82 Å². The summed E-state index contributed by atoms with van der Waals surface area (Å²) in [4.78, 5) is 26.0. The minimum atomic E-state index is -0.720. The van der Waals surface area contributed by atoms with Gasteiger partial charge in [0.05, 0.1) is 23.3 Å². The van der Waals surface area contributed by atoms with E-state index in [2.05, 4.69) is 15.5 Å². The standard InChI is InChI=1S/C26H23Cl2N5O2/c1-16-31-32-24(15-30-26(35)22(29)13-17-7-3-2-4-8-17)33(16)23-12-11-18(27)14-20(23)25(34)19-9-5-6-10-21(19)28/h2-12,14,22H,13,15,29H2,1H3,(H,30,35)/t22-/m1/s1. The molecule has 0 unspecified atom stereocenters. The minimum absolute atomic E-state index is 0.0739. The van der Waals surface area contributed by atoms with Gasteiger partial charge in [0.15, 0.2) is 11.6 Å². The Balaban J connectivity index is 1.60. The van der Waals surface area contributed by atoms with E-state index in [1.165, 1.54) is 0 Å². The van der Waals surface area contributed by atoms with Gasteiger partial charge in [0.25, 0.3) is 0 Å². The van der Waals surface area contributed by atoms with Crippen molar-refractivity contribution in [2.75, 3.05) is 0 Å². The number of hydrogen-bond acceptors (Lipinski definition) is 5. The minimum Gasteiger partial charge on any atom is -0.347 e. The van der Waals surface area contributed by atoms with Gasteiger partial charge in [-0.2, -0.15) is 0 Å². The van der Waals surface area contributed by atoms with Gasteiger partial charge in [-0.25, -0.2) is 0 Å². The molecule has 0 aliphatic heterocycles. The average molecular weight is 508 g/mol. The van der Waals surface area contributed by atoms with Crippen LogP contribution in [-0.2, 0) is 17.8 Å². The van der Waals surface area contributed by atoms with Gasteiger partial charge in [-0.3, -0.25) is 14.2 Å². The van der Waals surface area contributed by atoms with Crippen LogP contribution in [0.5, 0.6) is 0 Å². The quantitative estimate of drug-likeness (QED) is 0.346. The Bertz CT molecular complexity index is 1370. The third-order valence-corrected chi connectivity index (χ3v) is 6.08. The fraction of sp³-hybridized carbons (Fsp3) is 0.154. The molecule has 3 aromatic carbocycles. The third kappa shape index (κ3) is 5.59. The Morgan fingerprint density at radius 3 is 2.43 bits per heavy atom. The van der Waals surface area contributed by atoms with Crippen molar-refractivity contribution in [3.05, 3.63) is 111 Å². The maximum atomic E-state index is 13.4. The Morgan fingerprint density at radius 1 is 0.971 bits per heavy atom. The van der Waals surface area contributed by atoms with Crippen molar-refractivity contribution in [2.24, 2.45) is 5.73 Å². The first-order valence-corrected chi connectivity index (χ1v) is 11.7. The van der Waals surface area contributed by atoms with Crippen molar-refractivity contribution in [2.45, 2.75) is 25.9 Å². The van der Waals surface area contributed by atoms with Crippen LogP contribution in [0.2, 0.25) is 10.0 Å². The second kappa shape index (κ2) is 10.8.